The fraction of sp³-hybridized carbons (Fsp3) is 0.250. The molecule has 1 aromatic carbocycles. The number of alkyl halides is 3. The molecule has 17 heavy (non-hydrogen) atoms. The third-order valence-electron chi connectivity index (χ3n) is 2.40. The van der Waals surface area contributed by atoms with Crippen LogP contribution in [0.3, 0.4) is 0 Å². The molecule has 1 aromatic heterocycles. The monoisotopic (exact) mass is 256 g/mol. The molecule has 0 amide bonds. The van der Waals surface area contributed by atoms with Gasteiger partial charge in [-0.3, -0.25) is 0 Å². The molecule has 0 atom stereocenters. The number of halogens is 3. The Morgan fingerprint density at radius 1 is 1.24 bits per heavy atom. The van der Waals surface area contributed by atoms with Gasteiger partial charge in [0, 0.05) is 11.8 Å². The lowest BCUT2D eigenvalue weighted by molar-refractivity contribution is -0.0222. The lowest BCUT2D eigenvalue weighted by Crippen LogP contribution is -2.20. The average Bonchev–Trinajstić information content (AvgIpc) is 2.77. The third-order valence-corrected chi connectivity index (χ3v) is 2.67. The van der Waals surface area contributed by atoms with Crippen LogP contribution in [0.25, 0.3) is 0 Å². The molecule has 0 saturated heterocycles. The number of hydrogen-bond donors (Lipinski definition) is 0. The molecule has 0 unspecified atom stereocenters. The molecule has 5 heteroatoms. The molecule has 0 aliphatic carbocycles. The number of nitrogens with zero attached hydrogens (tertiary/aromatic N) is 2. The molecule has 1 heterocycles. The van der Waals surface area contributed by atoms with Gasteiger partial charge in [-0.15, -0.1) is 11.6 Å². The fourth-order valence-corrected chi connectivity index (χ4v) is 1.70. The maximum atomic E-state index is 13.9. The maximum Gasteiger partial charge on any atom is 0.290 e. The molecular weight excluding hydrogens is 246 g/mol. The maximum absolute atomic E-state index is 13.9. The van der Waals surface area contributed by atoms with Gasteiger partial charge in [0.15, 0.2) is 0 Å². The molecule has 0 fully saturated rings. The van der Waals surface area contributed by atoms with Crippen LogP contribution in [-0.2, 0) is 18.3 Å². The summed E-state index contributed by atoms with van der Waals surface area (Å²) in [6.07, 6.45) is 2.90. The largest absolute Gasteiger partial charge is 0.331 e. The van der Waals surface area contributed by atoms with Crippen molar-refractivity contribution in [2.45, 2.75) is 18.3 Å². The Balaban J connectivity index is 2.17. The minimum Gasteiger partial charge on any atom is -0.331 e. The van der Waals surface area contributed by atoms with Crippen molar-refractivity contribution in [1.82, 2.24) is 9.55 Å². The summed E-state index contributed by atoms with van der Waals surface area (Å²) in [6.45, 7) is -0.430. The van der Waals surface area contributed by atoms with Gasteiger partial charge in [-0.25, -0.2) is 4.98 Å². The van der Waals surface area contributed by atoms with Gasteiger partial charge in [0.2, 0.25) is 0 Å². The van der Waals surface area contributed by atoms with Crippen molar-refractivity contribution >= 4 is 11.6 Å². The van der Waals surface area contributed by atoms with Gasteiger partial charge in [-0.2, -0.15) is 8.78 Å². The first-order chi connectivity index (χ1) is 8.12. The van der Waals surface area contributed by atoms with Gasteiger partial charge in [-0.05, 0) is 0 Å². The van der Waals surface area contributed by atoms with Crippen LogP contribution < -0.4 is 0 Å². The number of imidazole rings is 1. The van der Waals surface area contributed by atoms with E-state index in [1.165, 1.54) is 29.2 Å². The standard InChI is InChI=1S/C12H11ClF2N2/c13-6-11-7-17(9-16-11)8-12(14,15)10-4-2-1-3-5-10/h1-5,7,9H,6,8H2. The van der Waals surface area contributed by atoms with Crippen LogP contribution in [0, 0.1) is 0 Å². The fourth-order valence-electron chi connectivity index (χ4n) is 1.56. The Morgan fingerprint density at radius 3 is 2.53 bits per heavy atom. The molecule has 2 rings (SSSR count). The van der Waals surface area contributed by atoms with Crippen molar-refractivity contribution in [1.29, 1.82) is 0 Å². The van der Waals surface area contributed by atoms with Gasteiger partial charge >= 0.3 is 0 Å². The smallest absolute Gasteiger partial charge is 0.290 e. The lowest BCUT2D eigenvalue weighted by Gasteiger charge is -2.16. The van der Waals surface area contributed by atoms with Crippen molar-refractivity contribution in [3.63, 3.8) is 0 Å². The zero-order valence-corrected chi connectivity index (χ0v) is 9.74. The molecule has 90 valence electrons. The summed E-state index contributed by atoms with van der Waals surface area (Å²) in [5, 5.41) is 0. The van der Waals surface area contributed by atoms with E-state index >= 15 is 0 Å². The van der Waals surface area contributed by atoms with Crippen LogP contribution in [0.4, 0.5) is 8.78 Å². The van der Waals surface area contributed by atoms with Crippen LogP contribution in [0.5, 0.6) is 0 Å². The highest BCUT2D eigenvalue weighted by atomic mass is 35.5. The number of rotatable bonds is 4. The summed E-state index contributed by atoms with van der Waals surface area (Å²) in [6, 6.07) is 7.74. The summed E-state index contributed by atoms with van der Waals surface area (Å²) < 4.78 is 29.1. The highest BCUT2D eigenvalue weighted by Crippen LogP contribution is 2.29. The second-order valence-electron chi connectivity index (χ2n) is 3.74. The van der Waals surface area contributed by atoms with E-state index in [2.05, 4.69) is 4.98 Å². The van der Waals surface area contributed by atoms with Crippen molar-refractivity contribution in [2.24, 2.45) is 0 Å². The summed E-state index contributed by atoms with van der Waals surface area (Å²) in [5.74, 6) is -2.69. The van der Waals surface area contributed by atoms with Crippen LogP contribution in [0.2, 0.25) is 0 Å². The molecular formula is C12H11ClF2N2. The van der Waals surface area contributed by atoms with E-state index in [9.17, 15) is 8.78 Å². The van der Waals surface area contributed by atoms with Gasteiger partial charge in [0.1, 0.15) is 0 Å². The molecule has 0 saturated carbocycles. The average molecular weight is 257 g/mol. The predicted molar refractivity (Wildman–Crippen MR) is 62.1 cm³/mol. The quantitative estimate of drug-likeness (QED) is 0.767. The van der Waals surface area contributed by atoms with E-state index in [0.29, 0.717) is 5.69 Å². The molecule has 0 aliphatic heterocycles. The van der Waals surface area contributed by atoms with Crippen molar-refractivity contribution in [2.75, 3.05) is 0 Å². The highest BCUT2D eigenvalue weighted by molar-refractivity contribution is 6.16. The molecule has 0 spiro atoms. The Labute approximate surface area is 103 Å². The number of hydrogen-bond acceptors (Lipinski definition) is 1. The van der Waals surface area contributed by atoms with Crippen LogP contribution in [0.1, 0.15) is 11.3 Å². The highest BCUT2D eigenvalue weighted by Gasteiger charge is 2.31. The Hall–Kier alpha value is -1.42. The minimum atomic E-state index is -2.91. The van der Waals surface area contributed by atoms with Crippen molar-refractivity contribution < 1.29 is 8.78 Å². The van der Waals surface area contributed by atoms with Crippen LogP contribution >= 0.6 is 11.6 Å². The van der Waals surface area contributed by atoms with Crippen molar-refractivity contribution in [3.8, 4) is 0 Å². The zero-order chi connectivity index (χ0) is 12.3. The SMILES string of the molecule is FC(F)(Cn1cnc(CCl)c1)c1ccccc1. The summed E-state index contributed by atoms with van der Waals surface area (Å²) in [5.41, 5.74) is 0.594. The van der Waals surface area contributed by atoms with Crippen molar-refractivity contribution in [3.05, 3.63) is 54.1 Å². The number of benzene rings is 1. The van der Waals surface area contributed by atoms with Gasteiger partial charge in [0.05, 0.1) is 24.4 Å². The normalized spacial score (nSPS) is 11.7. The van der Waals surface area contributed by atoms with E-state index in [-0.39, 0.29) is 11.4 Å². The summed E-state index contributed by atoms with van der Waals surface area (Å²) in [4.78, 5) is 3.91. The van der Waals surface area contributed by atoms with Gasteiger partial charge < -0.3 is 4.57 Å². The van der Waals surface area contributed by atoms with Crippen LogP contribution in [-0.4, -0.2) is 9.55 Å². The molecule has 0 N–H and O–H groups in total. The first-order valence-corrected chi connectivity index (χ1v) is 5.65. The van der Waals surface area contributed by atoms with E-state index in [4.69, 9.17) is 11.6 Å². The second kappa shape index (κ2) is 4.84. The molecule has 0 aliphatic rings. The molecule has 0 bridgehead atoms. The Morgan fingerprint density at radius 2 is 1.94 bits per heavy atom. The first-order valence-electron chi connectivity index (χ1n) is 5.12. The third kappa shape index (κ3) is 2.82. The molecule has 0 radical (unpaired) electrons. The predicted octanol–water partition coefficient (Wildman–Crippen LogP) is 3.41. The van der Waals surface area contributed by atoms with E-state index < -0.39 is 12.5 Å². The zero-order valence-electron chi connectivity index (χ0n) is 8.98. The topological polar surface area (TPSA) is 17.8 Å². The van der Waals surface area contributed by atoms with Gasteiger partial charge in [0.25, 0.3) is 5.92 Å². The minimum absolute atomic E-state index is 0.00104. The summed E-state index contributed by atoms with van der Waals surface area (Å²) in [7, 11) is 0. The lowest BCUT2D eigenvalue weighted by atomic mass is 10.1. The summed E-state index contributed by atoms with van der Waals surface area (Å²) >= 11 is 5.57. The number of aromatic nitrogens is 2. The molecule has 2 nitrogen and oxygen atoms in total. The first kappa shape index (κ1) is 12.0. The Kier molecular flexibility index (Phi) is 3.43. The Bertz CT molecular complexity index is 482. The molecule has 2 aromatic rings. The van der Waals surface area contributed by atoms with E-state index in [1.54, 1.807) is 18.2 Å². The van der Waals surface area contributed by atoms with E-state index in [1.807, 2.05) is 0 Å². The van der Waals surface area contributed by atoms with E-state index in [0.717, 1.165) is 0 Å². The van der Waals surface area contributed by atoms with Gasteiger partial charge in [-0.1, -0.05) is 30.3 Å². The van der Waals surface area contributed by atoms with Crippen LogP contribution in [0.15, 0.2) is 42.9 Å². The second-order valence-corrected chi connectivity index (χ2v) is 4.01.